The number of fused-ring (bicyclic) bond motifs is 1. The number of anilines is 1. The first kappa shape index (κ1) is 20.8. The number of aromatic amines is 1. The van der Waals surface area contributed by atoms with Gasteiger partial charge < -0.3 is 19.5 Å². The molecule has 0 aliphatic heterocycles. The van der Waals surface area contributed by atoms with E-state index in [1.54, 1.807) is 25.5 Å². The molecule has 0 spiro atoms. The molecule has 160 valence electrons. The lowest BCUT2D eigenvalue weighted by atomic mass is 10.2. The van der Waals surface area contributed by atoms with Crippen molar-refractivity contribution in [3.05, 3.63) is 70.0 Å². The van der Waals surface area contributed by atoms with Crippen LogP contribution < -0.4 is 15.6 Å². The number of amides is 1. The van der Waals surface area contributed by atoms with Crippen molar-refractivity contribution >= 4 is 34.4 Å². The molecule has 0 aliphatic carbocycles. The van der Waals surface area contributed by atoms with Crippen LogP contribution in [-0.4, -0.2) is 33.3 Å². The molecule has 1 amide bonds. The Hall–Kier alpha value is -3.46. The van der Waals surface area contributed by atoms with Crippen LogP contribution in [-0.2, 0) is 11.3 Å². The highest BCUT2D eigenvalue weighted by molar-refractivity contribution is 7.99. The van der Waals surface area contributed by atoms with Gasteiger partial charge in [-0.1, -0.05) is 17.8 Å². The fourth-order valence-electron chi connectivity index (χ4n) is 3.25. The highest BCUT2D eigenvalue weighted by Gasteiger charge is 2.17. The normalized spacial score (nSPS) is 11.1. The molecule has 3 aromatic heterocycles. The van der Waals surface area contributed by atoms with Gasteiger partial charge in [-0.3, -0.25) is 14.2 Å². The number of hydrogen-bond acceptors (Lipinski definition) is 6. The quantitative estimate of drug-likeness (QED) is 0.337. The summed E-state index contributed by atoms with van der Waals surface area (Å²) in [6, 6.07) is 10.9. The summed E-state index contributed by atoms with van der Waals surface area (Å²) in [5, 5.41) is 3.31. The molecule has 3 heterocycles. The highest BCUT2D eigenvalue weighted by atomic mass is 32.2. The summed E-state index contributed by atoms with van der Waals surface area (Å²) in [5.74, 6) is 1.07. The molecule has 8 nitrogen and oxygen atoms in total. The van der Waals surface area contributed by atoms with Crippen molar-refractivity contribution in [3.63, 3.8) is 0 Å². The number of benzene rings is 1. The number of furan rings is 1. The van der Waals surface area contributed by atoms with E-state index in [0.29, 0.717) is 33.4 Å². The summed E-state index contributed by atoms with van der Waals surface area (Å²) in [7, 11) is 1.56. The average molecular weight is 439 g/mol. The van der Waals surface area contributed by atoms with E-state index < -0.39 is 0 Å². The SMILES string of the molecule is COc1ccc(C)cc1NC(=O)CSc1nc2cc(C)[nH]c2c(=O)n1Cc1ccco1. The molecular formula is C22H22N4O4S. The molecule has 0 bridgehead atoms. The predicted molar refractivity (Wildman–Crippen MR) is 120 cm³/mol. The first-order valence-corrected chi connectivity index (χ1v) is 10.6. The maximum absolute atomic E-state index is 13.1. The molecule has 1 aromatic carbocycles. The van der Waals surface area contributed by atoms with E-state index in [1.165, 1.54) is 16.3 Å². The Morgan fingerprint density at radius 3 is 2.87 bits per heavy atom. The van der Waals surface area contributed by atoms with E-state index >= 15 is 0 Å². The van der Waals surface area contributed by atoms with Gasteiger partial charge in [-0.05, 0) is 49.7 Å². The number of aryl methyl sites for hydroxylation is 2. The first-order chi connectivity index (χ1) is 14.9. The minimum atomic E-state index is -0.224. The second-order valence-electron chi connectivity index (χ2n) is 7.12. The average Bonchev–Trinajstić information content (AvgIpc) is 3.38. The maximum atomic E-state index is 13.1. The number of carbonyl (C=O) groups is 1. The van der Waals surface area contributed by atoms with Crippen molar-refractivity contribution in [3.8, 4) is 5.75 Å². The standard InChI is InChI=1S/C22H22N4O4S/c1-13-6-7-18(29-3)16(9-13)24-19(27)12-31-22-25-17-10-14(2)23-20(17)21(28)26(22)11-15-5-4-8-30-15/h4-10,23H,11-12H2,1-3H3,(H,24,27). The van der Waals surface area contributed by atoms with Crippen molar-refractivity contribution < 1.29 is 13.9 Å². The monoisotopic (exact) mass is 438 g/mol. The third-order valence-electron chi connectivity index (χ3n) is 4.69. The number of aromatic nitrogens is 3. The molecule has 0 saturated carbocycles. The summed E-state index contributed by atoms with van der Waals surface area (Å²) < 4.78 is 12.2. The van der Waals surface area contributed by atoms with Crippen molar-refractivity contribution in [1.29, 1.82) is 0 Å². The van der Waals surface area contributed by atoms with Crippen LogP contribution in [0, 0.1) is 13.8 Å². The van der Waals surface area contributed by atoms with E-state index in [2.05, 4.69) is 15.3 Å². The van der Waals surface area contributed by atoms with Crippen LogP contribution in [0.3, 0.4) is 0 Å². The second kappa shape index (κ2) is 8.73. The summed E-state index contributed by atoms with van der Waals surface area (Å²) in [6.07, 6.45) is 1.56. The van der Waals surface area contributed by atoms with Crippen LogP contribution >= 0.6 is 11.8 Å². The maximum Gasteiger partial charge on any atom is 0.278 e. The van der Waals surface area contributed by atoms with E-state index in [9.17, 15) is 9.59 Å². The molecule has 0 fully saturated rings. The number of nitrogens with one attached hydrogen (secondary N) is 2. The molecular weight excluding hydrogens is 416 g/mol. The number of H-pyrrole nitrogens is 1. The lowest BCUT2D eigenvalue weighted by Crippen LogP contribution is -2.24. The molecule has 0 unspecified atom stereocenters. The number of nitrogens with zero attached hydrogens (tertiary/aromatic N) is 2. The summed E-state index contributed by atoms with van der Waals surface area (Å²) in [5.41, 5.74) is 3.24. The molecule has 4 aromatic rings. The molecule has 0 aliphatic rings. The Morgan fingerprint density at radius 2 is 2.13 bits per heavy atom. The smallest absolute Gasteiger partial charge is 0.278 e. The number of methoxy groups -OCH3 is 1. The van der Waals surface area contributed by atoms with E-state index in [0.717, 1.165) is 11.3 Å². The molecule has 4 rings (SSSR count). The van der Waals surface area contributed by atoms with E-state index in [4.69, 9.17) is 9.15 Å². The zero-order valence-corrected chi connectivity index (χ0v) is 18.2. The number of carbonyl (C=O) groups excluding carboxylic acids is 1. The second-order valence-corrected chi connectivity index (χ2v) is 8.06. The molecule has 2 N–H and O–H groups in total. The van der Waals surface area contributed by atoms with Crippen LogP contribution in [0.1, 0.15) is 17.0 Å². The minimum absolute atomic E-state index is 0.0800. The lowest BCUT2D eigenvalue weighted by Gasteiger charge is -2.12. The van der Waals surface area contributed by atoms with Crippen molar-refractivity contribution in [1.82, 2.24) is 14.5 Å². The molecule has 0 radical (unpaired) electrons. The Labute approximate surface area is 182 Å². The van der Waals surface area contributed by atoms with Gasteiger partial charge in [0.25, 0.3) is 5.56 Å². The van der Waals surface area contributed by atoms with Gasteiger partial charge in [0.2, 0.25) is 5.91 Å². The Kier molecular flexibility index (Phi) is 5.85. The van der Waals surface area contributed by atoms with Crippen molar-refractivity contribution in [2.75, 3.05) is 18.2 Å². The molecule has 9 heteroatoms. The van der Waals surface area contributed by atoms with Crippen LogP contribution in [0.25, 0.3) is 11.0 Å². The third kappa shape index (κ3) is 4.51. The van der Waals surface area contributed by atoms with Crippen LogP contribution in [0.4, 0.5) is 5.69 Å². The van der Waals surface area contributed by atoms with Gasteiger partial charge in [0, 0.05) is 5.69 Å². The predicted octanol–water partition coefficient (Wildman–Crippen LogP) is 3.72. The van der Waals surface area contributed by atoms with Crippen LogP contribution in [0.15, 0.2) is 57.0 Å². The van der Waals surface area contributed by atoms with Gasteiger partial charge in [0.1, 0.15) is 17.0 Å². The lowest BCUT2D eigenvalue weighted by molar-refractivity contribution is -0.113. The zero-order chi connectivity index (χ0) is 22.0. The van der Waals surface area contributed by atoms with Crippen molar-refractivity contribution in [2.45, 2.75) is 25.5 Å². The van der Waals surface area contributed by atoms with Gasteiger partial charge >= 0.3 is 0 Å². The minimum Gasteiger partial charge on any atom is -0.495 e. The Morgan fingerprint density at radius 1 is 1.29 bits per heavy atom. The topological polar surface area (TPSA) is 102 Å². The van der Waals surface area contributed by atoms with Gasteiger partial charge in [-0.2, -0.15) is 0 Å². The third-order valence-corrected chi connectivity index (χ3v) is 5.67. The van der Waals surface area contributed by atoms with Gasteiger partial charge in [0.15, 0.2) is 5.16 Å². The summed E-state index contributed by atoms with van der Waals surface area (Å²) in [6.45, 7) is 4.03. The van der Waals surface area contributed by atoms with Gasteiger partial charge in [-0.25, -0.2) is 4.98 Å². The number of rotatable bonds is 7. The number of hydrogen-bond donors (Lipinski definition) is 2. The fourth-order valence-corrected chi connectivity index (χ4v) is 4.05. The summed E-state index contributed by atoms with van der Waals surface area (Å²) in [4.78, 5) is 33.4. The summed E-state index contributed by atoms with van der Waals surface area (Å²) >= 11 is 1.20. The van der Waals surface area contributed by atoms with E-state index in [-0.39, 0.29) is 23.8 Å². The molecule has 0 saturated heterocycles. The van der Waals surface area contributed by atoms with Crippen LogP contribution in [0.2, 0.25) is 0 Å². The largest absolute Gasteiger partial charge is 0.495 e. The molecule has 0 atom stereocenters. The van der Waals surface area contributed by atoms with E-state index in [1.807, 2.05) is 38.1 Å². The van der Waals surface area contributed by atoms with Crippen molar-refractivity contribution in [2.24, 2.45) is 0 Å². The Balaban J connectivity index is 1.59. The highest BCUT2D eigenvalue weighted by Crippen LogP contribution is 2.26. The zero-order valence-electron chi connectivity index (χ0n) is 17.4. The molecule has 31 heavy (non-hydrogen) atoms. The van der Waals surface area contributed by atoms with Crippen LogP contribution in [0.5, 0.6) is 5.75 Å². The van der Waals surface area contributed by atoms with Gasteiger partial charge in [0.05, 0.1) is 36.9 Å². The number of thioether (sulfide) groups is 1. The fraction of sp³-hybridized carbons (Fsp3) is 0.227. The van der Waals surface area contributed by atoms with Gasteiger partial charge in [-0.15, -0.1) is 0 Å². The first-order valence-electron chi connectivity index (χ1n) is 9.64. The Bertz CT molecular complexity index is 1290. The number of ether oxygens (including phenoxy) is 1.